The van der Waals surface area contributed by atoms with Crippen molar-refractivity contribution in [3.05, 3.63) is 65.5 Å². The lowest BCUT2D eigenvalue weighted by Gasteiger charge is -2.16. The fourth-order valence-corrected chi connectivity index (χ4v) is 3.79. The highest BCUT2D eigenvalue weighted by Gasteiger charge is 2.17. The van der Waals surface area contributed by atoms with Crippen LogP contribution in [0.4, 0.5) is 5.69 Å². The van der Waals surface area contributed by atoms with Gasteiger partial charge in [0.25, 0.3) is 0 Å². The van der Waals surface area contributed by atoms with Gasteiger partial charge in [0.05, 0.1) is 12.3 Å². The molecule has 1 heterocycles. The monoisotopic (exact) mass is 482 g/mol. The van der Waals surface area contributed by atoms with Gasteiger partial charge < -0.3 is 20.8 Å². The van der Waals surface area contributed by atoms with Gasteiger partial charge in [0.2, 0.25) is 17.0 Å². The summed E-state index contributed by atoms with van der Waals surface area (Å²) in [5.41, 5.74) is 3.02. The third kappa shape index (κ3) is 6.98. The summed E-state index contributed by atoms with van der Waals surface area (Å²) in [5.74, 6) is 7.24. The number of nitrogens with one attached hydrogen (secondary N) is 1. The zero-order valence-electron chi connectivity index (χ0n) is 19.8. The number of hydrogen-bond donors (Lipinski definition) is 2. The number of aromatic nitrogens is 3. The van der Waals surface area contributed by atoms with Gasteiger partial charge in [0.15, 0.2) is 5.82 Å². The van der Waals surface area contributed by atoms with Crippen molar-refractivity contribution in [2.24, 2.45) is 0 Å². The molecule has 0 radical (unpaired) electrons. The van der Waals surface area contributed by atoms with Crippen LogP contribution < -0.4 is 15.9 Å². The number of likely N-dealkylation sites (N-methyl/N-ethyl adjacent to an activating group) is 1. The van der Waals surface area contributed by atoms with Crippen LogP contribution in [-0.4, -0.2) is 50.9 Å². The predicted octanol–water partition coefficient (Wildman–Crippen LogP) is 3.19. The Balaban J connectivity index is 1.46. The second-order valence-corrected chi connectivity index (χ2v) is 9.18. The Morgan fingerprint density at radius 1 is 1.12 bits per heavy atom. The van der Waals surface area contributed by atoms with Crippen LogP contribution in [0.25, 0.3) is 0 Å². The predicted molar refractivity (Wildman–Crippen MR) is 133 cm³/mol. The number of thioether (sulfide) groups is 1. The van der Waals surface area contributed by atoms with Gasteiger partial charge in [-0.15, -0.1) is 10.2 Å². The quantitative estimate of drug-likeness (QED) is 0.337. The zero-order valence-corrected chi connectivity index (χ0v) is 20.6. The van der Waals surface area contributed by atoms with Crippen molar-refractivity contribution >= 4 is 29.3 Å². The molecule has 180 valence electrons. The fraction of sp³-hybridized carbons (Fsp3) is 0.333. The van der Waals surface area contributed by atoms with E-state index in [1.165, 1.54) is 15.1 Å². The number of nitrogen functional groups attached to an aromatic ring is 1. The minimum atomic E-state index is -0.271. The number of aryl methyl sites for hydroxylation is 1. The standard InChI is InChI=1S/C24H30N6O3S/c1-16(2)18-7-11-20(12-8-18)33-14-21-27-28-24(30(21)25)34-15-23(32)29(4)13-22(31)26-19-9-5-17(3)6-10-19/h5-12,16H,13-15,25H2,1-4H3,(H,26,31). The number of nitrogens with two attached hydrogens (primary N) is 1. The van der Waals surface area contributed by atoms with Crippen LogP contribution in [0.3, 0.4) is 0 Å². The lowest BCUT2D eigenvalue weighted by molar-refractivity contribution is -0.131. The van der Waals surface area contributed by atoms with Crippen molar-refractivity contribution in [1.82, 2.24) is 19.8 Å². The smallest absolute Gasteiger partial charge is 0.243 e. The lowest BCUT2D eigenvalue weighted by atomic mass is 10.0. The molecule has 0 spiro atoms. The second-order valence-electron chi connectivity index (χ2n) is 8.23. The Morgan fingerprint density at radius 2 is 1.79 bits per heavy atom. The normalized spacial score (nSPS) is 10.9. The van der Waals surface area contributed by atoms with Gasteiger partial charge in [0, 0.05) is 12.7 Å². The SMILES string of the molecule is Cc1ccc(NC(=O)CN(C)C(=O)CSc2nnc(COc3ccc(C(C)C)cc3)n2N)cc1. The number of ether oxygens (including phenoxy) is 1. The number of carbonyl (C=O) groups excluding carboxylic acids is 2. The summed E-state index contributed by atoms with van der Waals surface area (Å²) in [6.45, 7) is 6.33. The van der Waals surface area contributed by atoms with Gasteiger partial charge in [-0.25, -0.2) is 4.68 Å². The van der Waals surface area contributed by atoms with Crippen LogP contribution in [0.15, 0.2) is 53.7 Å². The molecule has 2 amide bonds. The summed E-state index contributed by atoms with van der Waals surface area (Å²) >= 11 is 1.15. The highest BCUT2D eigenvalue weighted by Crippen LogP contribution is 2.20. The van der Waals surface area contributed by atoms with Crippen molar-refractivity contribution in [2.75, 3.05) is 30.5 Å². The Bertz CT molecular complexity index is 1110. The molecule has 0 bridgehead atoms. The van der Waals surface area contributed by atoms with Gasteiger partial charge in [0.1, 0.15) is 12.4 Å². The van der Waals surface area contributed by atoms with Gasteiger partial charge in [-0.05, 0) is 42.7 Å². The minimum Gasteiger partial charge on any atom is -0.486 e. The zero-order chi connectivity index (χ0) is 24.7. The van der Waals surface area contributed by atoms with E-state index in [1.807, 2.05) is 55.5 Å². The molecular weight excluding hydrogens is 452 g/mol. The Kier molecular flexibility index (Phi) is 8.53. The maximum absolute atomic E-state index is 12.5. The van der Waals surface area contributed by atoms with Crippen molar-refractivity contribution in [1.29, 1.82) is 0 Å². The van der Waals surface area contributed by atoms with E-state index < -0.39 is 0 Å². The molecule has 34 heavy (non-hydrogen) atoms. The van der Waals surface area contributed by atoms with Crippen molar-refractivity contribution < 1.29 is 14.3 Å². The first-order valence-corrected chi connectivity index (χ1v) is 11.9. The number of hydrogen-bond acceptors (Lipinski definition) is 7. The van der Waals surface area contributed by atoms with Gasteiger partial charge in [-0.1, -0.05) is 55.4 Å². The van der Waals surface area contributed by atoms with Crippen molar-refractivity contribution in [2.45, 2.75) is 38.5 Å². The summed E-state index contributed by atoms with van der Waals surface area (Å²) in [4.78, 5) is 26.0. The third-order valence-corrected chi connectivity index (χ3v) is 6.04. The fourth-order valence-electron chi connectivity index (χ4n) is 2.98. The molecule has 0 atom stereocenters. The van der Waals surface area contributed by atoms with Crippen molar-refractivity contribution in [3.8, 4) is 5.75 Å². The van der Waals surface area contributed by atoms with E-state index in [9.17, 15) is 9.59 Å². The molecule has 3 aromatic rings. The van der Waals surface area contributed by atoms with Gasteiger partial charge >= 0.3 is 0 Å². The highest BCUT2D eigenvalue weighted by atomic mass is 32.2. The largest absolute Gasteiger partial charge is 0.486 e. The van der Waals surface area contributed by atoms with Gasteiger partial charge in [-0.3, -0.25) is 9.59 Å². The number of anilines is 1. The van der Waals surface area contributed by atoms with E-state index in [2.05, 4.69) is 29.4 Å². The third-order valence-electron chi connectivity index (χ3n) is 5.12. The summed E-state index contributed by atoms with van der Waals surface area (Å²) in [6.07, 6.45) is 0. The molecule has 3 rings (SSSR count). The van der Waals surface area contributed by atoms with Crippen molar-refractivity contribution in [3.63, 3.8) is 0 Å². The molecule has 0 saturated carbocycles. The maximum atomic E-state index is 12.5. The number of rotatable bonds is 10. The van der Waals surface area contributed by atoms with Gasteiger partial charge in [-0.2, -0.15) is 0 Å². The first-order valence-electron chi connectivity index (χ1n) is 10.9. The molecule has 0 saturated heterocycles. The topological polar surface area (TPSA) is 115 Å². The van der Waals surface area contributed by atoms with Crippen LogP contribution in [0.5, 0.6) is 5.75 Å². The molecular formula is C24H30N6O3S. The molecule has 0 aliphatic heterocycles. The lowest BCUT2D eigenvalue weighted by Crippen LogP contribution is -2.36. The maximum Gasteiger partial charge on any atom is 0.243 e. The molecule has 1 aromatic heterocycles. The number of carbonyl (C=O) groups is 2. The second kappa shape index (κ2) is 11.6. The van der Waals surface area contributed by atoms with Crippen LogP contribution in [-0.2, 0) is 16.2 Å². The molecule has 0 fully saturated rings. The molecule has 9 nitrogen and oxygen atoms in total. The Morgan fingerprint density at radius 3 is 2.44 bits per heavy atom. The van der Waals surface area contributed by atoms with E-state index >= 15 is 0 Å². The number of nitrogens with zero attached hydrogens (tertiary/aromatic N) is 4. The first kappa shape index (κ1) is 25.1. The average molecular weight is 483 g/mol. The number of amides is 2. The Labute approximate surface area is 203 Å². The number of benzene rings is 2. The molecule has 0 aliphatic rings. The van der Waals surface area contributed by atoms with Crippen LogP contribution in [0.2, 0.25) is 0 Å². The van der Waals surface area contributed by atoms with E-state index in [-0.39, 0.29) is 30.7 Å². The van der Waals surface area contributed by atoms with Crippen LogP contribution in [0.1, 0.15) is 36.7 Å². The van der Waals surface area contributed by atoms with E-state index in [0.717, 1.165) is 17.3 Å². The molecule has 2 aromatic carbocycles. The summed E-state index contributed by atoms with van der Waals surface area (Å²) in [7, 11) is 1.58. The van der Waals surface area contributed by atoms with Crippen LogP contribution in [0, 0.1) is 6.92 Å². The summed E-state index contributed by atoms with van der Waals surface area (Å²) in [6, 6.07) is 15.3. The summed E-state index contributed by atoms with van der Waals surface area (Å²) in [5, 5.41) is 11.3. The summed E-state index contributed by atoms with van der Waals surface area (Å²) < 4.78 is 7.06. The molecule has 10 heteroatoms. The molecule has 3 N–H and O–H groups in total. The Hall–Kier alpha value is -3.53. The van der Waals surface area contributed by atoms with E-state index in [0.29, 0.717) is 28.3 Å². The molecule has 0 aliphatic carbocycles. The highest BCUT2D eigenvalue weighted by molar-refractivity contribution is 7.99. The average Bonchev–Trinajstić information content (AvgIpc) is 3.17. The molecule has 0 unspecified atom stereocenters. The first-order chi connectivity index (χ1) is 16.2. The minimum absolute atomic E-state index is 0.0583. The van der Waals surface area contributed by atoms with Crippen LogP contribution >= 0.6 is 11.8 Å². The van der Waals surface area contributed by atoms with E-state index in [1.54, 1.807) is 7.05 Å². The van der Waals surface area contributed by atoms with E-state index in [4.69, 9.17) is 10.6 Å².